The van der Waals surface area contributed by atoms with Crippen molar-refractivity contribution in [2.24, 2.45) is 5.92 Å². The molecule has 22 heavy (non-hydrogen) atoms. The van der Waals surface area contributed by atoms with Crippen LogP contribution in [0, 0.1) is 5.92 Å². The Bertz CT molecular complexity index is 711. The van der Waals surface area contributed by atoms with Gasteiger partial charge < -0.3 is 9.84 Å². The first-order valence-electron chi connectivity index (χ1n) is 7.15. The minimum Gasteiger partial charge on any atom is -0.356 e. The predicted octanol–water partition coefficient (Wildman–Crippen LogP) is 1.67. The molecule has 6 nitrogen and oxygen atoms in total. The minimum atomic E-state index is -3.38. The van der Waals surface area contributed by atoms with Gasteiger partial charge in [0.25, 0.3) is 0 Å². The summed E-state index contributed by atoms with van der Waals surface area (Å²) in [4.78, 5) is 0. The quantitative estimate of drug-likeness (QED) is 0.832. The van der Waals surface area contributed by atoms with E-state index in [1.165, 1.54) is 0 Å². The predicted molar refractivity (Wildman–Crippen MR) is 87.5 cm³/mol. The van der Waals surface area contributed by atoms with Crippen LogP contribution in [0.2, 0.25) is 0 Å². The summed E-state index contributed by atoms with van der Waals surface area (Å²) in [5, 5.41) is 7.89. The fourth-order valence-electron chi connectivity index (χ4n) is 2.65. The summed E-state index contributed by atoms with van der Waals surface area (Å²) in [6.45, 7) is 2.49. The molecular formula is C14H20ClN3O3S. The Morgan fingerprint density at radius 1 is 1.36 bits per heavy atom. The number of halogens is 1. The third kappa shape index (κ3) is 4.19. The van der Waals surface area contributed by atoms with Gasteiger partial charge in [0.1, 0.15) is 11.4 Å². The summed E-state index contributed by atoms with van der Waals surface area (Å²) in [5.41, 5.74) is 1.07. The van der Waals surface area contributed by atoms with Crippen molar-refractivity contribution in [1.82, 2.24) is 15.2 Å². The number of benzene rings is 1. The molecule has 2 N–H and O–H groups in total. The number of rotatable bonds is 6. The lowest BCUT2D eigenvalue weighted by atomic mass is 10.1. The Labute approximate surface area is 136 Å². The highest BCUT2D eigenvalue weighted by Gasteiger charge is 2.19. The summed E-state index contributed by atoms with van der Waals surface area (Å²) < 4.78 is 32.0. The van der Waals surface area contributed by atoms with E-state index in [1.54, 1.807) is 6.07 Å². The number of para-hydroxylation sites is 1. The zero-order valence-corrected chi connectivity index (χ0v) is 13.8. The van der Waals surface area contributed by atoms with Crippen molar-refractivity contribution in [3.8, 4) is 0 Å². The molecule has 1 fully saturated rings. The number of nitrogens with one attached hydrogen (secondary N) is 2. The van der Waals surface area contributed by atoms with E-state index in [0.29, 0.717) is 23.7 Å². The molecule has 0 saturated carbocycles. The highest BCUT2D eigenvalue weighted by Crippen LogP contribution is 2.19. The van der Waals surface area contributed by atoms with Crippen LogP contribution in [0.4, 0.5) is 0 Å². The van der Waals surface area contributed by atoms with Crippen LogP contribution < -0.4 is 10.0 Å². The molecule has 1 aromatic heterocycles. The van der Waals surface area contributed by atoms with Crippen LogP contribution in [0.3, 0.4) is 0 Å². The van der Waals surface area contributed by atoms with Gasteiger partial charge in [0, 0.05) is 11.9 Å². The maximum absolute atomic E-state index is 12.1. The number of nitrogens with zero attached hydrogens (tertiary/aromatic N) is 1. The maximum Gasteiger partial charge on any atom is 0.217 e. The van der Waals surface area contributed by atoms with Crippen LogP contribution in [0.15, 0.2) is 28.8 Å². The van der Waals surface area contributed by atoms with Gasteiger partial charge in [0.2, 0.25) is 10.0 Å². The zero-order chi connectivity index (χ0) is 14.7. The average molecular weight is 346 g/mol. The molecule has 0 bridgehead atoms. The van der Waals surface area contributed by atoms with E-state index in [9.17, 15) is 8.42 Å². The van der Waals surface area contributed by atoms with Crippen LogP contribution in [0.5, 0.6) is 0 Å². The first-order chi connectivity index (χ1) is 10.1. The third-order valence-corrected chi connectivity index (χ3v) is 5.11. The van der Waals surface area contributed by atoms with E-state index >= 15 is 0 Å². The lowest BCUT2D eigenvalue weighted by Crippen LogP contribution is -2.28. The number of sulfonamides is 1. The second kappa shape index (κ2) is 7.41. The molecule has 2 heterocycles. The average Bonchev–Trinajstić information content (AvgIpc) is 3.09. The molecule has 2 aromatic rings. The lowest BCUT2D eigenvalue weighted by Gasteiger charge is -2.09. The maximum atomic E-state index is 12.1. The van der Waals surface area contributed by atoms with E-state index in [2.05, 4.69) is 15.2 Å². The first-order valence-corrected chi connectivity index (χ1v) is 8.81. The highest BCUT2D eigenvalue weighted by atomic mass is 35.5. The van der Waals surface area contributed by atoms with E-state index < -0.39 is 10.0 Å². The van der Waals surface area contributed by atoms with Gasteiger partial charge in [0.15, 0.2) is 5.58 Å². The highest BCUT2D eigenvalue weighted by molar-refractivity contribution is 7.88. The monoisotopic (exact) mass is 345 g/mol. The zero-order valence-electron chi connectivity index (χ0n) is 12.1. The Morgan fingerprint density at radius 2 is 2.18 bits per heavy atom. The SMILES string of the molecule is Cl.O=S(=O)(Cc1noc2ccccc12)NCCC1CCNC1. The molecule has 0 spiro atoms. The van der Waals surface area contributed by atoms with Crippen molar-refractivity contribution in [2.45, 2.75) is 18.6 Å². The molecule has 3 rings (SSSR count). The molecular weight excluding hydrogens is 326 g/mol. The fraction of sp³-hybridized carbons (Fsp3) is 0.500. The molecule has 1 saturated heterocycles. The summed E-state index contributed by atoms with van der Waals surface area (Å²) >= 11 is 0. The molecule has 122 valence electrons. The van der Waals surface area contributed by atoms with E-state index in [1.807, 2.05) is 18.2 Å². The fourth-order valence-corrected chi connectivity index (χ4v) is 3.75. The van der Waals surface area contributed by atoms with Crippen molar-refractivity contribution in [3.05, 3.63) is 30.0 Å². The van der Waals surface area contributed by atoms with Gasteiger partial charge in [-0.05, 0) is 44.0 Å². The third-order valence-electron chi connectivity index (χ3n) is 3.82. The number of hydrogen-bond acceptors (Lipinski definition) is 5. The van der Waals surface area contributed by atoms with E-state index in [0.717, 1.165) is 31.3 Å². The van der Waals surface area contributed by atoms with Gasteiger partial charge in [-0.1, -0.05) is 17.3 Å². The van der Waals surface area contributed by atoms with Gasteiger partial charge in [-0.2, -0.15) is 0 Å². The van der Waals surface area contributed by atoms with Crippen molar-refractivity contribution >= 4 is 33.4 Å². The van der Waals surface area contributed by atoms with E-state index in [-0.39, 0.29) is 18.2 Å². The second-order valence-electron chi connectivity index (χ2n) is 5.43. The summed E-state index contributed by atoms with van der Waals surface area (Å²) in [6.07, 6.45) is 1.99. The topological polar surface area (TPSA) is 84.2 Å². The minimum absolute atomic E-state index is 0. The Morgan fingerprint density at radius 3 is 2.95 bits per heavy atom. The number of fused-ring (bicyclic) bond motifs is 1. The van der Waals surface area contributed by atoms with Gasteiger partial charge in [0.05, 0.1) is 0 Å². The van der Waals surface area contributed by atoms with Crippen molar-refractivity contribution in [3.63, 3.8) is 0 Å². The van der Waals surface area contributed by atoms with Crippen LogP contribution in [0.25, 0.3) is 11.0 Å². The molecule has 1 aliphatic heterocycles. The molecule has 0 aliphatic carbocycles. The summed E-state index contributed by atoms with van der Waals surface area (Å²) in [7, 11) is -3.38. The molecule has 1 aliphatic rings. The molecule has 0 radical (unpaired) electrons. The standard InChI is InChI=1S/C14H19N3O3S.ClH/c18-21(19,16-8-6-11-5-7-15-9-11)10-13-12-3-1-2-4-14(12)20-17-13;/h1-4,11,15-16H,5-10H2;1H. The molecule has 8 heteroatoms. The van der Waals surface area contributed by atoms with Gasteiger partial charge in [-0.3, -0.25) is 0 Å². The van der Waals surface area contributed by atoms with Crippen LogP contribution in [-0.4, -0.2) is 33.2 Å². The summed E-state index contributed by atoms with van der Waals surface area (Å²) in [6, 6.07) is 7.27. The molecule has 1 aromatic carbocycles. The van der Waals surface area contributed by atoms with Gasteiger partial charge in [-0.25, -0.2) is 13.1 Å². The smallest absolute Gasteiger partial charge is 0.217 e. The van der Waals surface area contributed by atoms with E-state index in [4.69, 9.17) is 4.52 Å². The van der Waals surface area contributed by atoms with Crippen molar-refractivity contribution < 1.29 is 12.9 Å². The normalized spacial score (nSPS) is 18.5. The van der Waals surface area contributed by atoms with Gasteiger partial charge in [-0.15, -0.1) is 12.4 Å². The molecule has 1 atom stereocenters. The Balaban J connectivity index is 0.00000176. The number of aromatic nitrogens is 1. The largest absolute Gasteiger partial charge is 0.356 e. The Kier molecular flexibility index (Phi) is 5.80. The van der Waals surface area contributed by atoms with Crippen LogP contribution >= 0.6 is 12.4 Å². The van der Waals surface area contributed by atoms with Gasteiger partial charge >= 0.3 is 0 Å². The van der Waals surface area contributed by atoms with Crippen molar-refractivity contribution in [2.75, 3.05) is 19.6 Å². The Hall–Kier alpha value is -1.15. The lowest BCUT2D eigenvalue weighted by molar-refractivity contribution is 0.448. The molecule has 1 unspecified atom stereocenters. The first kappa shape index (κ1) is 17.2. The molecule has 0 amide bonds. The van der Waals surface area contributed by atoms with Crippen LogP contribution in [-0.2, 0) is 15.8 Å². The van der Waals surface area contributed by atoms with Crippen LogP contribution in [0.1, 0.15) is 18.5 Å². The summed E-state index contributed by atoms with van der Waals surface area (Å²) in [5.74, 6) is 0.424. The second-order valence-corrected chi connectivity index (χ2v) is 7.23. The van der Waals surface area contributed by atoms with Crippen molar-refractivity contribution in [1.29, 1.82) is 0 Å². The number of hydrogen-bond donors (Lipinski definition) is 2.